The van der Waals surface area contributed by atoms with E-state index in [1.54, 1.807) is 6.20 Å². The number of benzene rings is 1. The van der Waals surface area contributed by atoms with E-state index in [1.807, 2.05) is 18.3 Å². The molecule has 17 heavy (non-hydrogen) atoms. The number of imidazole rings is 1. The van der Waals surface area contributed by atoms with Crippen LogP contribution in [-0.4, -0.2) is 15.6 Å². The molecule has 1 unspecified atom stereocenters. The van der Waals surface area contributed by atoms with Crippen molar-refractivity contribution >= 4 is 0 Å². The van der Waals surface area contributed by atoms with Crippen molar-refractivity contribution in [3.63, 3.8) is 0 Å². The normalized spacial score (nSPS) is 21.6. The zero-order valence-corrected chi connectivity index (χ0v) is 10.1. The van der Waals surface area contributed by atoms with Crippen molar-refractivity contribution in [3.8, 4) is 5.75 Å². The predicted molar refractivity (Wildman–Crippen MR) is 66.2 cm³/mol. The first-order valence-electron chi connectivity index (χ1n) is 5.93. The molecule has 3 nitrogen and oxygen atoms in total. The molecule has 1 aromatic carbocycles. The van der Waals surface area contributed by atoms with Gasteiger partial charge in [0, 0.05) is 30.3 Å². The highest BCUT2D eigenvalue weighted by atomic mass is 16.5. The highest BCUT2D eigenvalue weighted by Gasteiger charge is 2.35. The Kier molecular flexibility index (Phi) is 2.21. The molecule has 0 spiro atoms. The minimum absolute atomic E-state index is 0.147. The molecule has 0 saturated carbocycles. The fourth-order valence-electron chi connectivity index (χ4n) is 2.51. The topological polar surface area (TPSA) is 37.9 Å². The van der Waals surface area contributed by atoms with Gasteiger partial charge in [0.1, 0.15) is 17.2 Å². The number of aromatic nitrogens is 2. The van der Waals surface area contributed by atoms with Crippen LogP contribution < -0.4 is 4.74 Å². The number of fused-ring (bicyclic) bond motifs is 1. The second-order valence-electron chi connectivity index (χ2n) is 5.13. The van der Waals surface area contributed by atoms with E-state index in [9.17, 15) is 0 Å². The third-order valence-electron chi connectivity index (χ3n) is 3.23. The smallest absolute Gasteiger partial charge is 0.124 e. The summed E-state index contributed by atoms with van der Waals surface area (Å²) in [4.78, 5) is 7.61. The lowest BCUT2D eigenvalue weighted by Crippen LogP contribution is -2.35. The van der Waals surface area contributed by atoms with Gasteiger partial charge in [-0.1, -0.05) is 18.2 Å². The zero-order valence-electron chi connectivity index (χ0n) is 10.1. The van der Waals surface area contributed by atoms with Gasteiger partial charge >= 0.3 is 0 Å². The Morgan fingerprint density at radius 1 is 1.35 bits per heavy atom. The Morgan fingerprint density at radius 3 is 2.94 bits per heavy atom. The lowest BCUT2D eigenvalue weighted by molar-refractivity contribution is 0.0764. The molecule has 2 heterocycles. The number of nitrogens with one attached hydrogen (secondary N) is 1. The molecule has 0 radical (unpaired) electrons. The van der Waals surface area contributed by atoms with Crippen molar-refractivity contribution in [2.24, 2.45) is 0 Å². The molecule has 1 atom stereocenters. The van der Waals surface area contributed by atoms with Crippen molar-refractivity contribution in [2.45, 2.75) is 31.8 Å². The number of rotatable bonds is 1. The molecule has 0 bridgehead atoms. The maximum absolute atomic E-state index is 6.01. The third-order valence-corrected chi connectivity index (χ3v) is 3.23. The van der Waals surface area contributed by atoms with Crippen LogP contribution in [0.2, 0.25) is 0 Å². The van der Waals surface area contributed by atoms with E-state index in [1.165, 1.54) is 5.56 Å². The van der Waals surface area contributed by atoms with Gasteiger partial charge in [-0.2, -0.15) is 0 Å². The summed E-state index contributed by atoms with van der Waals surface area (Å²) in [6, 6.07) is 8.22. The van der Waals surface area contributed by atoms with Crippen LogP contribution in [0.3, 0.4) is 0 Å². The van der Waals surface area contributed by atoms with Crippen LogP contribution in [0.1, 0.15) is 37.6 Å². The molecule has 1 aliphatic heterocycles. The van der Waals surface area contributed by atoms with E-state index in [0.717, 1.165) is 18.0 Å². The lowest BCUT2D eigenvalue weighted by atomic mass is 9.84. The molecule has 3 rings (SSSR count). The van der Waals surface area contributed by atoms with Crippen LogP contribution in [0.4, 0.5) is 0 Å². The summed E-state index contributed by atoms with van der Waals surface area (Å²) in [6.45, 7) is 4.25. The van der Waals surface area contributed by atoms with E-state index in [-0.39, 0.29) is 5.60 Å². The molecule has 2 aromatic rings. The molecule has 3 heteroatoms. The highest BCUT2D eigenvalue weighted by Crippen LogP contribution is 2.42. The Morgan fingerprint density at radius 2 is 2.18 bits per heavy atom. The molecular weight excluding hydrogens is 212 g/mol. The minimum atomic E-state index is -0.147. The van der Waals surface area contributed by atoms with E-state index < -0.39 is 0 Å². The molecule has 1 aliphatic rings. The number of hydrogen-bond acceptors (Lipinski definition) is 2. The second-order valence-corrected chi connectivity index (χ2v) is 5.13. The number of hydrogen-bond donors (Lipinski definition) is 1. The van der Waals surface area contributed by atoms with Crippen molar-refractivity contribution in [2.75, 3.05) is 0 Å². The predicted octanol–water partition coefficient (Wildman–Crippen LogP) is 3.10. The summed E-state index contributed by atoms with van der Waals surface area (Å²) < 4.78 is 6.01. The van der Waals surface area contributed by atoms with Gasteiger partial charge in [0.15, 0.2) is 0 Å². The molecule has 0 fully saturated rings. The summed E-state index contributed by atoms with van der Waals surface area (Å²) >= 11 is 0. The highest BCUT2D eigenvalue weighted by molar-refractivity contribution is 5.42. The van der Waals surface area contributed by atoms with E-state index >= 15 is 0 Å². The number of nitrogens with zero attached hydrogens (tertiary/aromatic N) is 1. The quantitative estimate of drug-likeness (QED) is 0.814. The maximum atomic E-state index is 6.01. The Labute approximate surface area is 101 Å². The van der Waals surface area contributed by atoms with E-state index in [4.69, 9.17) is 4.74 Å². The maximum Gasteiger partial charge on any atom is 0.124 e. The Bertz CT molecular complexity index is 517. The fraction of sp³-hybridized carbons (Fsp3) is 0.357. The minimum Gasteiger partial charge on any atom is -0.488 e. The van der Waals surface area contributed by atoms with Crippen molar-refractivity contribution in [1.82, 2.24) is 9.97 Å². The number of ether oxygens (including phenoxy) is 1. The Hall–Kier alpha value is -1.77. The lowest BCUT2D eigenvalue weighted by Gasteiger charge is -2.36. The van der Waals surface area contributed by atoms with E-state index in [2.05, 4.69) is 35.9 Å². The van der Waals surface area contributed by atoms with Crippen LogP contribution in [-0.2, 0) is 0 Å². The largest absolute Gasteiger partial charge is 0.488 e. The molecule has 88 valence electrons. The molecule has 0 saturated heterocycles. The van der Waals surface area contributed by atoms with Crippen LogP contribution in [0.5, 0.6) is 5.75 Å². The number of para-hydroxylation sites is 1. The average molecular weight is 228 g/mol. The summed E-state index contributed by atoms with van der Waals surface area (Å²) in [5, 5.41) is 0. The number of aromatic amines is 1. The van der Waals surface area contributed by atoms with Gasteiger partial charge in [-0.05, 0) is 19.9 Å². The Balaban J connectivity index is 2.10. The van der Waals surface area contributed by atoms with Gasteiger partial charge < -0.3 is 9.72 Å². The standard InChI is InChI=1S/C14H16N2O/c1-14(2)9-11(13-15-7-8-16-13)10-5-3-4-6-12(10)17-14/h3-8,11H,9H2,1-2H3,(H,15,16). The van der Waals surface area contributed by atoms with Gasteiger partial charge in [0.25, 0.3) is 0 Å². The summed E-state index contributed by atoms with van der Waals surface area (Å²) in [6.07, 6.45) is 4.62. The first kappa shape index (κ1) is 10.4. The first-order valence-corrected chi connectivity index (χ1v) is 5.93. The van der Waals surface area contributed by atoms with Crippen LogP contribution in [0.25, 0.3) is 0 Å². The van der Waals surface area contributed by atoms with Gasteiger partial charge in [-0.25, -0.2) is 4.98 Å². The summed E-state index contributed by atoms with van der Waals surface area (Å²) in [5.41, 5.74) is 1.08. The number of H-pyrrole nitrogens is 1. The molecular formula is C14H16N2O. The molecule has 1 N–H and O–H groups in total. The zero-order chi connectivity index (χ0) is 11.9. The van der Waals surface area contributed by atoms with Crippen LogP contribution in [0, 0.1) is 0 Å². The van der Waals surface area contributed by atoms with Gasteiger partial charge in [-0.3, -0.25) is 0 Å². The first-order chi connectivity index (χ1) is 8.16. The fourth-order valence-corrected chi connectivity index (χ4v) is 2.51. The van der Waals surface area contributed by atoms with Crippen molar-refractivity contribution in [1.29, 1.82) is 0 Å². The van der Waals surface area contributed by atoms with Gasteiger partial charge in [0.2, 0.25) is 0 Å². The van der Waals surface area contributed by atoms with Crippen molar-refractivity contribution < 1.29 is 4.74 Å². The average Bonchev–Trinajstić information content (AvgIpc) is 2.80. The SMILES string of the molecule is CC1(C)CC(c2ncc[nH]2)c2ccccc2O1. The summed E-state index contributed by atoms with van der Waals surface area (Å²) in [7, 11) is 0. The monoisotopic (exact) mass is 228 g/mol. The third kappa shape index (κ3) is 1.82. The van der Waals surface area contributed by atoms with E-state index in [0.29, 0.717) is 5.92 Å². The van der Waals surface area contributed by atoms with Gasteiger partial charge in [0.05, 0.1) is 0 Å². The van der Waals surface area contributed by atoms with Crippen LogP contribution in [0.15, 0.2) is 36.7 Å². The second kappa shape index (κ2) is 3.62. The summed E-state index contributed by atoms with van der Waals surface area (Å²) in [5.74, 6) is 2.30. The molecule has 0 amide bonds. The molecule has 0 aliphatic carbocycles. The van der Waals surface area contributed by atoms with Crippen molar-refractivity contribution in [3.05, 3.63) is 48.0 Å². The van der Waals surface area contributed by atoms with Crippen LogP contribution >= 0.6 is 0 Å². The molecule has 1 aromatic heterocycles. The van der Waals surface area contributed by atoms with Gasteiger partial charge in [-0.15, -0.1) is 0 Å².